The topological polar surface area (TPSA) is 73.3 Å². The van der Waals surface area contributed by atoms with Crippen molar-refractivity contribution in [2.45, 2.75) is 57.4 Å². The second-order valence-corrected chi connectivity index (χ2v) is 7.38. The van der Waals surface area contributed by atoms with E-state index in [0.29, 0.717) is 13.1 Å². The highest BCUT2D eigenvalue weighted by Gasteiger charge is 2.44. The van der Waals surface area contributed by atoms with Gasteiger partial charge in [-0.1, -0.05) is 0 Å². The quantitative estimate of drug-likeness (QED) is 0.775. The number of nitrogens with zero attached hydrogens (tertiary/aromatic N) is 3. The number of hydrogen-bond acceptors (Lipinski definition) is 5. The molecule has 2 amide bonds. The van der Waals surface area contributed by atoms with Crippen LogP contribution in [0.25, 0.3) is 0 Å². The fourth-order valence-electron chi connectivity index (χ4n) is 3.79. The van der Waals surface area contributed by atoms with E-state index in [0.717, 1.165) is 25.9 Å². The van der Waals surface area contributed by atoms with E-state index in [1.54, 1.807) is 32.7 Å². The molecule has 0 spiro atoms. The highest BCUT2D eigenvalue weighted by molar-refractivity contribution is 5.84. The fourth-order valence-corrected chi connectivity index (χ4v) is 3.79. The molecular formula is C17H31N3O4. The number of carbonyl (C=O) groups excluding carboxylic acids is 2. The van der Waals surface area contributed by atoms with E-state index in [2.05, 4.69) is 4.90 Å². The minimum absolute atomic E-state index is 0.0463. The first-order valence-corrected chi connectivity index (χ1v) is 8.69. The number of hydrogen-bond donors (Lipinski definition) is 1. The van der Waals surface area contributed by atoms with E-state index in [9.17, 15) is 14.7 Å². The summed E-state index contributed by atoms with van der Waals surface area (Å²) in [6, 6.07) is -0.146. The van der Waals surface area contributed by atoms with Crippen molar-refractivity contribution in [3.8, 4) is 0 Å². The van der Waals surface area contributed by atoms with Gasteiger partial charge in [-0.05, 0) is 26.7 Å². The molecule has 1 saturated carbocycles. The molecule has 0 aromatic carbocycles. The van der Waals surface area contributed by atoms with Crippen LogP contribution in [0.2, 0.25) is 0 Å². The van der Waals surface area contributed by atoms with E-state index in [1.165, 1.54) is 7.11 Å². The second-order valence-electron chi connectivity index (χ2n) is 7.38. The van der Waals surface area contributed by atoms with Crippen LogP contribution in [0, 0.1) is 0 Å². The first-order chi connectivity index (χ1) is 11.2. The van der Waals surface area contributed by atoms with Gasteiger partial charge in [0.15, 0.2) is 0 Å². The third-order valence-electron chi connectivity index (χ3n) is 5.62. The Morgan fingerprint density at radius 3 is 2.25 bits per heavy atom. The predicted molar refractivity (Wildman–Crippen MR) is 90.5 cm³/mol. The molecule has 1 aliphatic heterocycles. The van der Waals surface area contributed by atoms with Gasteiger partial charge in [0.05, 0.1) is 12.1 Å². The zero-order valence-corrected chi connectivity index (χ0v) is 15.5. The Morgan fingerprint density at radius 2 is 1.75 bits per heavy atom. The number of amides is 2. The smallest absolute Gasteiger partial charge is 0.254 e. The molecule has 1 N–H and O–H groups in total. The lowest BCUT2D eigenvalue weighted by atomic mass is 10.0. The molecule has 2 rings (SSSR count). The summed E-state index contributed by atoms with van der Waals surface area (Å²) >= 11 is 0. The zero-order valence-electron chi connectivity index (χ0n) is 15.5. The molecule has 2 fully saturated rings. The number of piperazine rings is 1. The highest BCUT2D eigenvalue weighted by atomic mass is 16.5. The molecule has 0 aromatic rings. The lowest BCUT2D eigenvalue weighted by Gasteiger charge is -2.40. The minimum atomic E-state index is -0.889. The molecule has 0 bridgehead atoms. The van der Waals surface area contributed by atoms with E-state index in [4.69, 9.17) is 4.74 Å². The third-order valence-corrected chi connectivity index (χ3v) is 5.62. The molecule has 7 heteroatoms. The summed E-state index contributed by atoms with van der Waals surface area (Å²) in [5.41, 5.74) is -0.889. The number of aliphatic hydroxyl groups is 1. The van der Waals surface area contributed by atoms with Gasteiger partial charge < -0.3 is 19.6 Å². The van der Waals surface area contributed by atoms with Crippen LogP contribution in [0.3, 0.4) is 0 Å². The monoisotopic (exact) mass is 341 g/mol. The summed E-state index contributed by atoms with van der Waals surface area (Å²) in [4.78, 5) is 29.7. The average Bonchev–Trinajstić information content (AvgIpc) is 2.95. The van der Waals surface area contributed by atoms with Crippen molar-refractivity contribution in [3.63, 3.8) is 0 Å². The Balaban J connectivity index is 1.96. The van der Waals surface area contributed by atoms with Crippen LogP contribution in [0.5, 0.6) is 0 Å². The van der Waals surface area contributed by atoms with Crippen molar-refractivity contribution in [1.82, 2.24) is 14.7 Å². The predicted octanol–water partition coefficient (Wildman–Crippen LogP) is -0.0742. The van der Waals surface area contributed by atoms with E-state index in [-0.39, 0.29) is 23.9 Å². The van der Waals surface area contributed by atoms with Gasteiger partial charge in [0, 0.05) is 53.3 Å². The van der Waals surface area contributed by atoms with Gasteiger partial charge >= 0.3 is 0 Å². The Kier molecular flexibility index (Phi) is 5.88. The van der Waals surface area contributed by atoms with E-state index >= 15 is 0 Å². The zero-order chi connectivity index (χ0) is 18.1. The molecule has 0 unspecified atom stereocenters. The number of aliphatic hydroxyl groups excluding tert-OH is 1. The van der Waals surface area contributed by atoms with Crippen LogP contribution in [-0.4, -0.2) is 95.7 Å². The summed E-state index contributed by atoms with van der Waals surface area (Å²) in [7, 11) is 3.27. The van der Waals surface area contributed by atoms with Crippen molar-refractivity contribution in [1.29, 1.82) is 0 Å². The molecule has 0 radical (unpaired) electrons. The van der Waals surface area contributed by atoms with Crippen LogP contribution in [0.4, 0.5) is 0 Å². The Labute approximate surface area is 144 Å². The van der Waals surface area contributed by atoms with Gasteiger partial charge in [-0.15, -0.1) is 0 Å². The van der Waals surface area contributed by atoms with Crippen molar-refractivity contribution < 1.29 is 19.4 Å². The largest absolute Gasteiger partial charge is 0.389 e. The summed E-state index contributed by atoms with van der Waals surface area (Å²) in [5.74, 6) is -0.0114. The van der Waals surface area contributed by atoms with E-state index < -0.39 is 11.7 Å². The SMILES string of the molecule is COC(C)(C)C(=O)N(C)[C@@H]1CC[C@@H](N2CCN(C(C)=O)CC2)[C@@H]1O. The molecule has 138 valence electrons. The minimum Gasteiger partial charge on any atom is -0.389 e. The van der Waals surface area contributed by atoms with Crippen molar-refractivity contribution >= 4 is 11.8 Å². The molecule has 1 saturated heterocycles. The molecule has 1 aliphatic carbocycles. The van der Waals surface area contributed by atoms with Crippen LogP contribution in [0.1, 0.15) is 33.6 Å². The summed E-state index contributed by atoms with van der Waals surface area (Å²) < 4.78 is 5.27. The average molecular weight is 341 g/mol. The Bertz CT molecular complexity index is 474. The van der Waals surface area contributed by atoms with Crippen LogP contribution < -0.4 is 0 Å². The lowest BCUT2D eigenvalue weighted by Crippen LogP contribution is -2.57. The van der Waals surface area contributed by atoms with Crippen molar-refractivity contribution in [3.05, 3.63) is 0 Å². The van der Waals surface area contributed by atoms with Crippen LogP contribution >= 0.6 is 0 Å². The van der Waals surface area contributed by atoms with Gasteiger partial charge in [0.1, 0.15) is 5.60 Å². The van der Waals surface area contributed by atoms with Gasteiger partial charge in [-0.25, -0.2) is 0 Å². The fraction of sp³-hybridized carbons (Fsp3) is 0.882. The highest BCUT2D eigenvalue weighted by Crippen LogP contribution is 2.30. The Hall–Kier alpha value is -1.18. The standard InChI is InChI=1S/C17H31N3O4/c1-12(21)19-8-10-20(11-9-19)14-7-6-13(15(14)22)18(4)16(23)17(2,3)24-5/h13-15,22H,6-11H2,1-5H3/t13-,14-,15-/m1/s1. The molecular weight excluding hydrogens is 310 g/mol. The number of methoxy groups -OCH3 is 1. The first kappa shape index (κ1) is 19.1. The number of rotatable bonds is 4. The van der Waals surface area contributed by atoms with Gasteiger partial charge in [0.25, 0.3) is 5.91 Å². The maximum absolute atomic E-state index is 12.6. The number of carbonyl (C=O) groups is 2. The van der Waals surface area contributed by atoms with Crippen molar-refractivity contribution in [2.75, 3.05) is 40.3 Å². The summed E-state index contributed by atoms with van der Waals surface area (Å²) in [6.07, 6.45) is 1.06. The molecule has 7 nitrogen and oxygen atoms in total. The van der Waals surface area contributed by atoms with E-state index in [1.807, 2.05) is 4.90 Å². The molecule has 2 aliphatic rings. The van der Waals surface area contributed by atoms with Crippen molar-refractivity contribution in [2.24, 2.45) is 0 Å². The van der Waals surface area contributed by atoms with Crippen LogP contribution in [-0.2, 0) is 14.3 Å². The second kappa shape index (κ2) is 7.37. The molecule has 1 heterocycles. The molecule has 0 aromatic heterocycles. The maximum atomic E-state index is 12.6. The van der Waals surface area contributed by atoms with Crippen LogP contribution in [0.15, 0.2) is 0 Å². The summed E-state index contributed by atoms with van der Waals surface area (Å²) in [5, 5.41) is 10.8. The molecule has 3 atom stereocenters. The first-order valence-electron chi connectivity index (χ1n) is 8.69. The summed E-state index contributed by atoms with van der Waals surface area (Å²) in [6.45, 7) is 8.03. The van der Waals surface area contributed by atoms with Gasteiger partial charge in [-0.2, -0.15) is 0 Å². The number of ether oxygens (including phenoxy) is 1. The van der Waals surface area contributed by atoms with Gasteiger partial charge in [-0.3, -0.25) is 14.5 Å². The third kappa shape index (κ3) is 3.73. The lowest BCUT2D eigenvalue weighted by molar-refractivity contribution is -0.154. The normalized spacial score (nSPS) is 28.9. The van der Waals surface area contributed by atoms with Gasteiger partial charge in [0.2, 0.25) is 5.91 Å². The Morgan fingerprint density at radius 1 is 1.17 bits per heavy atom. The number of likely N-dealkylation sites (N-methyl/N-ethyl adjacent to an activating group) is 1. The molecule has 24 heavy (non-hydrogen) atoms. The maximum Gasteiger partial charge on any atom is 0.254 e.